The van der Waals surface area contributed by atoms with Crippen LogP contribution in [0.1, 0.15) is 51.4 Å². The molecule has 6 nitrogen and oxygen atoms in total. The van der Waals surface area contributed by atoms with Gasteiger partial charge in [0.25, 0.3) is 0 Å². The van der Waals surface area contributed by atoms with E-state index < -0.39 is 6.04 Å². The zero-order valence-corrected chi connectivity index (χ0v) is 21.0. The molecule has 3 atom stereocenters. The number of carbonyl (C=O) groups is 1. The third-order valence-corrected chi connectivity index (χ3v) is 7.77. The lowest BCUT2D eigenvalue weighted by Crippen LogP contribution is -2.44. The van der Waals surface area contributed by atoms with Crippen molar-refractivity contribution in [3.05, 3.63) is 87.5 Å². The Morgan fingerprint density at radius 1 is 1.11 bits per heavy atom. The Labute approximate surface area is 212 Å². The molecule has 3 aromatic rings. The van der Waals surface area contributed by atoms with Crippen LogP contribution in [0.3, 0.4) is 0 Å². The van der Waals surface area contributed by atoms with Crippen molar-refractivity contribution in [1.29, 1.82) is 0 Å². The van der Waals surface area contributed by atoms with Crippen molar-refractivity contribution < 1.29 is 15.0 Å². The van der Waals surface area contributed by atoms with Gasteiger partial charge in [0, 0.05) is 12.2 Å². The molecule has 2 aliphatic rings. The minimum Gasteiger partial charge on any atom is -0.508 e. The fourth-order valence-corrected chi connectivity index (χ4v) is 5.93. The number of amides is 1. The fraction of sp³-hybridized carbons (Fsp3) is 0.367. The van der Waals surface area contributed by atoms with Gasteiger partial charge < -0.3 is 26.6 Å². The first-order valence-corrected chi connectivity index (χ1v) is 12.8. The number of carbonyl (C=O) groups excluding carboxylic acids is 1. The lowest BCUT2D eigenvalue weighted by Gasteiger charge is -2.29. The van der Waals surface area contributed by atoms with E-state index in [1.807, 2.05) is 19.9 Å². The van der Waals surface area contributed by atoms with Crippen molar-refractivity contribution >= 4 is 11.6 Å². The molecule has 1 unspecified atom stereocenters. The molecular weight excluding hydrogens is 450 g/mol. The van der Waals surface area contributed by atoms with E-state index in [1.54, 1.807) is 18.2 Å². The number of benzene rings is 3. The van der Waals surface area contributed by atoms with Crippen molar-refractivity contribution in [2.75, 3.05) is 11.9 Å². The van der Waals surface area contributed by atoms with Crippen LogP contribution in [0, 0.1) is 19.8 Å². The molecule has 36 heavy (non-hydrogen) atoms. The molecule has 1 aliphatic heterocycles. The summed E-state index contributed by atoms with van der Waals surface area (Å²) in [6.45, 7) is 4.66. The van der Waals surface area contributed by atoms with Gasteiger partial charge in [-0.1, -0.05) is 24.3 Å². The van der Waals surface area contributed by atoms with Gasteiger partial charge in [0.05, 0.1) is 12.1 Å². The first-order chi connectivity index (χ1) is 17.3. The Hall–Kier alpha value is -3.51. The van der Waals surface area contributed by atoms with Crippen LogP contribution < -0.4 is 16.4 Å². The maximum atomic E-state index is 13.1. The molecule has 0 bridgehead atoms. The number of phenolic OH excluding ortho intramolecular Hbond substituents is 2. The molecule has 1 amide bonds. The van der Waals surface area contributed by atoms with Crippen LogP contribution in [0.4, 0.5) is 5.69 Å². The average Bonchev–Trinajstić information content (AvgIpc) is 3.25. The Balaban J connectivity index is 1.27. The van der Waals surface area contributed by atoms with E-state index in [0.717, 1.165) is 65.7 Å². The Bertz CT molecular complexity index is 1280. The largest absolute Gasteiger partial charge is 0.508 e. The standard InChI is InChI=1S/C30H35N3O3/c1-17-10-22(34)11-18(2)23(17)16-26(31)30(36)33-28-8-9-32-27-7-6-19(14-25(27)28)12-20-13-21-4-3-5-29(35)24(21)15-20/h3-7,10-11,14,20,26,28,32,34-35H,8-9,12-13,15-16,31H2,1-2H3,(H,33,36)/t20?,26-,28+/m0/s1. The average molecular weight is 486 g/mol. The van der Waals surface area contributed by atoms with Gasteiger partial charge in [-0.3, -0.25) is 4.79 Å². The molecule has 0 radical (unpaired) electrons. The summed E-state index contributed by atoms with van der Waals surface area (Å²) in [4.78, 5) is 13.1. The van der Waals surface area contributed by atoms with E-state index in [0.29, 0.717) is 18.1 Å². The highest BCUT2D eigenvalue weighted by Gasteiger charge is 2.27. The Morgan fingerprint density at radius 2 is 1.89 bits per heavy atom. The number of rotatable bonds is 6. The number of aryl methyl sites for hydroxylation is 2. The molecule has 0 fully saturated rings. The van der Waals surface area contributed by atoms with Crippen LogP contribution in [0.5, 0.6) is 11.5 Å². The Morgan fingerprint density at radius 3 is 2.64 bits per heavy atom. The lowest BCUT2D eigenvalue weighted by atomic mass is 9.91. The van der Waals surface area contributed by atoms with Crippen molar-refractivity contribution in [2.24, 2.45) is 11.7 Å². The van der Waals surface area contributed by atoms with Gasteiger partial charge in [-0.05, 0) is 115 Å². The summed E-state index contributed by atoms with van der Waals surface area (Å²) in [7, 11) is 0. The van der Waals surface area contributed by atoms with E-state index in [9.17, 15) is 15.0 Å². The van der Waals surface area contributed by atoms with Gasteiger partial charge >= 0.3 is 0 Å². The third kappa shape index (κ3) is 4.91. The number of aromatic hydroxyl groups is 2. The van der Waals surface area contributed by atoms with Crippen LogP contribution in [0.25, 0.3) is 0 Å². The highest BCUT2D eigenvalue weighted by Crippen LogP contribution is 2.36. The van der Waals surface area contributed by atoms with Crippen molar-refractivity contribution in [3.63, 3.8) is 0 Å². The monoisotopic (exact) mass is 485 g/mol. The number of anilines is 1. The summed E-state index contributed by atoms with van der Waals surface area (Å²) in [5.41, 5.74) is 15.0. The first-order valence-electron chi connectivity index (χ1n) is 12.8. The summed E-state index contributed by atoms with van der Waals surface area (Å²) in [6, 6.07) is 15.0. The molecule has 188 valence electrons. The minimum atomic E-state index is -0.668. The van der Waals surface area contributed by atoms with Crippen LogP contribution in [0.15, 0.2) is 48.5 Å². The normalized spacial score (nSPS) is 19.2. The van der Waals surface area contributed by atoms with Gasteiger partial charge in [0.15, 0.2) is 0 Å². The molecule has 3 aromatic carbocycles. The van der Waals surface area contributed by atoms with Crippen LogP contribution in [-0.2, 0) is 30.5 Å². The van der Waals surface area contributed by atoms with Crippen molar-refractivity contribution in [2.45, 2.75) is 58.0 Å². The maximum absolute atomic E-state index is 13.1. The Kier molecular flexibility index (Phi) is 6.63. The van der Waals surface area contributed by atoms with Gasteiger partial charge in [-0.25, -0.2) is 0 Å². The van der Waals surface area contributed by atoms with Crippen molar-refractivity contribution in [3.8, 4) is 11.5 Å². The van der Waals surface area contributed by atoms with Gasteiger partial charge in [-0.2, -0.15) is 0 Å². The number of nitrogens with two attached hydrogens (primary N) is 1. The van der Waals surface area contributed by atoms with Gasteiger partial charge in [-0.15, -0.1) is 0 Å². The highest BCUT2D eigenvalue weighted by atomic mass is 16.3. The second-order valence-corrected chi connectivity index (χ2v) is 10.5. The third-order valence-electron chi connectivity index (χ3n) is 7.77. The molecule has 5 rings (SSSR count). The number of nitrogens with one attached hydrogen (secondary N) is 2. The van der Waals surface area contributed by atoms with E-state index in [2.05, 4.69) is 34.9 Å². The van der Waals surface area contributed by atoms with Gasteiger partial charge in [0.2, 0.25) is 5.91 Å². The van der Waals surface area contributed by atoms with Crippen LogP contribution >= 0.6 is 0 Å². The predicted octanol–water partition coefficient (Wildman–Crippen LogP) is 4.22. The molecule has 0 aromatic heterocycles. The molecule has 1 aliphatic carbocycles. The number of hydrogen-bond donors (Lipinski definition) is 5. The number of fused-ring (bicyclic) bond motifs is 2. The molecule has 6 heteroatoms. The molecule has 1 heterocycles. The van der Waals surface area contributed by atoms with Crippen LogP contribution in [0.2, 0.25) is 0 Å². The summed E-state index contributed by atoms with van der Waals surface area (Å²) in [5, 5.41) is 26.7. The summed E-state index contributed by atoms with van der Waals surface area (Å²) >= 11 is 0. The van der Waals surface area contributed by atoms with Crippen molar-refractivity contribution in [1.82, 2.24) is 5.32 Å². The fourth-order valence-electron chi connectivity index (χ4n) is 5.93. The summed E-state index contributed by atoms with van der Waals surface area (Å²) in [5.74, 6) is 0.932. The molecule has 0 spiro atoms. The quantitative estimate of drug-likeness (QED) is 0.359. The molecular formula is C30H35N3O3. The molecule has 0 saturated heterocycles. The maximum Gasteiger partial charge on any atom is 0.237 e. The van der Waals surface area contributed by atoms with Gasteiger partial charge in [0.1, 0.15) is 11.5 Å². The topological polar surface area (TPSA) is 108 Å². The predicted molar refractivity (Wildman–Crippen MR) is 142 cm³/mol. The van der Waals surface area contributed by atoms with E-state index in [4.69, 9.17) is 5.73 Å². The lowest BCUT2D eigenvalue weighted by molar-refractivity contribution is -0.123. The number of phenols is 2. The first kappa shape index (κ1) is 24.2. The van der Waals surface area contributed by atoms with Crippen LogP contribution in [-0.4, -0.2) is 28.7 Å². The van der Waals surface area contributed by atoms with E-state index in [-0.39, 0.29) is 17.7 Å². The smallest absolute Gasteiger partial charge is 0.237 e. The second kappa shape index (κ2) is 9.86. The summed E-state index contributed by atoms with van der Waals surface area (Å²) < 4.78 is 0. The summed E-state index contributed by atoms with van der Waals surface area (Å²) in [6.07, 6.45) is 4.03. The number of hydrogen-bond acceptors (Lipinski definition) is 5. The molecule has 0 saturated carbocycles. The van der Waals surface area contributed by atoms with E-state index >= 15 is 0 Å². The molecule has 6 N–H and O–H groups in total. The second-order valence-electron chi connectivity index (χ2n) is 10.5. The SMILES string of the molecule is Cc1cc(O)cc(C)c1C[C@H](N)C(=O)N[C@@H]1CCNc2ccc(CC3Cc4cccc(O)c4C3)cc21. The highest BCUT2D eigenvalue weighted by molar-refractivity contribution is 5.82. The minimum absolute atomic E-state index is 0.0911. The zero-order valence-electron chi connectivity index (χ0n) is 21.0. The zero-order chi connectivity index (χ0) is 25.4. The van der Waals surface area contributed by atoms with E-state index in [1.165, 1.54) is 11.1 Å².